The highest BCUT2D eigenvalue weighted by Gasteiger charge is 2.06. The van der Waals surface area contributed by atoms with Crippen molar-refractivity contribution in [3.63, 3.8) is 0 Å². The van der Waals surface area contributed by atoms with E-state index in [9.17, 15) is 4.79 Å². The molecule has 0 radical (unpaired) electrons. The maximum absolute atomic E-state index is 11.5. The number of pyridine rings is 1. The monoisotopic (exact) mass is 277 g/mol. The summed E-state index contributed by atoms with van der Waals surface area (Å²) in [6.45, 7) is 2.31. The lowest BCUT2D eigenvalue weighted by Gasteiger charge is -2.03. The van der Waals surface area contributed by atoms with Crippen molar-refractivity contribution in [2.24, 2.45) is 0 Å². The highest BCUT2D eigenvalue weighted by molar-refractivity contribution is 6.30. The Balaban J connectivity index is 2.33. The average Bonchev–Trinajstić information content (AvgIpc) is 2.42. The molecule has 1 amide bonds. The smallest absolute Gasteiger partial charge is 0.221 e. The number of rotatable bonds is 5. The Labute approximate surface area is 118 Å². The molecule has 19 heavy (non-hydrogen) atoms. The Morgan fingerprint density at radius 1 is 1.42 bits per heavy atom. The standard InChI is InChI=1S/C14H16ClN3O/c1-2-3-4-9-17-14(19)8-6-12(16)13-7-5-11(15)10-18-13/h5,7,10,16H,2,6,8-9H2,1H3,(H,17,19). The number of nitrogens with zero attached hydrogens (tertiary/aromatic N) is 1. The number of halogens is 1. The number of hydrogen-bond acceptors (Lipinski definition) is 3. The van der Waals surface area contributed by atoms with Crippen molar-refractivity contribution < 1.29 is 4.79 Å². The minimum absolute atomic E-state index is 0.107. The Hall–Kier alpha value is -1.86. The van der Waals surface area contributed by atoms with E-state index in [1.54, 1.807) is 12.1 Å². The topological polar surface area (TPSA) is 65.8 Å². The molecule has 1 rings (SSSR count). The lowest BCUT2D eigenvalue weighted by atomic mass is 10.1. The summed E-state index contributed by atoms with van der Waals surface area (Å²) in [6.07, 6.45) is 2.88. The summed E-state index contributed by atoms with van der Waals surface area (Å²) in [4.78, 5) is 15.5. The van der Waals surface area contributed by atoms with E-state index < -0.39 is 0 Å². The van der Waals surface area contributed by atoms with Gasteiger partial charge >= 0.3 is 0 Å². The molecule has 0 aromatic carbocycles. The molecule has 1 heterocycles. The van der Waals surface area contributed by atoms with E-state index >= 15 is 0 Å². The molecule has 0 aliphatic rings. The van der Waals surface area contributed by atoms with E-state index in [1.165, 1.54) is 6.20 Å². The van der Waals surface area contributed by atoms with Crippen LogP contribution in [0.5, 0.6) is 0 Å². The Bertz CT molecular complexity index is 500. The van der Waals surface area contributed by atoms with E-state index in [0.717, 1.165) is 6.42 Å². The summed E-state index contributed by atoms with van der Waals surface area (Å²) >= 11 is 5.72. The van der Waals surface area contributed by atoms with Gasteiger partial charge in [0.2, 0.25) is 5.91 Å². The highest BCUT2D eigenvalue weighted by Crippen LogP contribution is 2.08. The zero-order chi connectivity index (χ0) is 14.1. The van der Waals surface area contributed by atoms with Crippen LogP contribution in [0.15, 0.2) is 18.3 Å². The van der Waals surface area contributed by atoms with E-state index in [0.29, 0.717) is 29.4 Å². The Morgan fingerprint density at radius 3 is 2.84 bits per heavy atom. The van der Waals surface area contributed by atoms with Crippen molar-refractivity contribution in [3.05, 3.63) is 29.0 Å². The first kappa shape index (κ1) is 15.2. The normalized spacial score (nSPS) is 9.37. The molecule has 0 aliphatic carbocycles. The van der Waals surface area contributed by atoms with Gasteiger partial charge in [0.25, 0.3) is 0 Å². The molecule has 0 aliphatic heterocycles. The minimum Gasteiger partial charge on any atom is -0.345 e. The molecule has 0 saturated heterocycles. The average molecular weight is 278 g/mol. The fourth-order valence-corrected chi connectivity index (χ4v) is 1.45. The van der Waals surface area contributed by atoms with Crippen molar-refractivity contribution in [2.45, 2.75) is 26.2 Å². The Morgan fingerprint density at radius 2 is 2.21 bits per heavy atom. The lowest BCUT2D eigenvalue weighted by Crippen LogP contribution is -2.24. The number of aromatic nitrogens is 1. The van der Waals surface area contributed by atoms with Crippen LogP contribution in [0, 0.1) is 17.3 Å². The quantitative estimate of drug-likeness (QED) is 0.641. The van der Waals surface area contributed by atoms with Gasteiger partial charge in [0.15, 0.2) is 0 Å². The van der Waals surface area contributed by atoms with Crippen LogP contribution in [0.25, 0.3) is 0 Å². The molecule has 2 N–H and O–H groups in total. The SMILES string of the molecule is CCC#CCNC(=O)CCC(=N)c1ccc(Cl)cn1. The summed E-state index contributed by atoms with van der Waals surface area (Å²) in [6, 6.07) is 3.36. The molecule has 0 fully saturated rings. The molecule has 5 heteroatoms. The van der Waals surface area contributed by atoms with Gasteiger partial charge in [-0.2, -0.15) is 0 Å². The van der Waals surface area contributed by atoms with E-state index in [1.807, 2.05) is 6.92 Å². The second-order valence-electron chi connectivity index (χ2n) is 3.82. The van der Waals surface area contributed by atoms with Gasteiger partial charge in [-0.25, -0.2) is 0 Å². The van der Waals surface area contributed by atoms with Crippen LogP contribution < -0.4 is 5.32 Å². The Kier molecular flexibility index (Phi) is 6.62. The fraction of sp³-hybridized carbons (Fsp3) is 0.357. The molecule has 0 bridgehead atoms. The number of nitrogens with one attached hydrogen (secondary N) is 2. The molecule has 100 valence electrons. The first-order valence-electron chi connectivity index (χ1n) is 6.05. The summed E-state index contributed by atoms with van der Waals surface area (Å²) < 4.78 is 0. The second kappa shape index (κ2) is 8.28. The molecule has 0 spiro atoms. The first-order chi connectivity index (χ1) is 9.13. The van der Waals surface area contributed by atoms with Crippen LogP contribution in [0.2, 0.25) is 5.02 Å². The number of carbonyl (C=O) groups excluding carboxylic acids is 1. The van der Waals surface area contributed by atoms with Crippen LogP contribution in [0.3, 0.4) is 0 Å². The third-order valence-corrected chi connectivity index (χ3v) is 2.54. The highest BCUT2D eigenvalue weighted by atomic mass is 35.5. The van der Waals surface area contributed by atoms with Crippen molar-refractivity contribution in [1.29, 1.82) is 5.41 Å². The van der Waals surface area contributed by atoms with Gasteiger partial charge < -0.3 is 10.7 Å². The van der Waals surface area contributed by atoms with Crippen LogP contribution in [-0.4, -0.2) is 23.1 Å². The predicted molar refractivity (Wildman–Crippen MR) is 76.4 cm³/mol. The third-order valence-electron chi connectivity index (χ3n) is 2.31. The molecule has 0 unspecified atom stereocenters. The molecule has 0 atom stereocenters. The summed E-state index contributed by atoms with van der Waals surface area (Å²) in [5, 5.41) is 11.0. The van der Waals surface area contributed by atoms with Crippen molar-refractivity contribution >= 4 is 23.2 Å². The van der Waals surface area contributed by atoms with Gasteiger partial charge in [0.05, 0.1) is 23.0 Å². The fourth-order valence-electron chi connectivity index (χ4n) is 1.34. The molecule has 1 aromatic rings. The number of hydrogen-bond donors (Lipinski definition) is 2. The third kappa shape index (κ3) is 6.03. The molecule has 0 saturated carbocycles. The van der Waals surface area contributed by atoms with Crippen molar-refractivity contribution in [3.8, 4) is 11.8 Å². The van der Waals surface area contributed by atoms with Crippen LogP contribution in [0.4, 0.5) is 0 Å². The van der Waals surface area contributed by atoms with Gasteiger partial charge in [0.1, 0.15) is 0 Å². The van der Waals surface area contributed by atoms with Crippen molar-refractivity contribution in [1.82, 2.24) is 10.3 Å². The van der Waals surface area contributed by atoms with Crippen LogP contribution in [-0.2, 0) is 4.79 Å². The predicted octanol–water partition coefficient (Wildman–Crippen LogP) is 2.41. The molecule has 1 aromatic heterocycles. The van der Waals surface area contributed by atoms with Crippen molar-refractivity contribution in [2.75, 3.05) is 6.54 Å². The van der Waals surface area contributed by atoms with E-state index in [2.05, 4.69) is 22.1 Å². The summed E-state index contributed by atoms with van der Waals surface area (Å²) in [7, 11) is 0. The largest absolute Gasteiger partial charge is 0.345 e. The second-order valence-corrected chi connectivity index (χ2v) is 4.26. The van der Waals surface area contributed by atoms with Gasteiger partial charge in [-0.3, -0.25) is 9.78 Å². The summed E-state index contributed by atoms with van der Waals surface area (Å²) in [5.74, 6) is 5.59. The number of amides is 1. The number of carbonyl (C=O) groups is 1. The maximum Gasteiger partial charge on any atom is 0.221 e. The minimum atomic E-state index is -0.107. The molecular formula is C14H16ClN3O. The zero-order valence-electron chi connectivity index (χ0n) is 10.8. The van der Waals surface area contributed by atoms with Crippen LogP contribution in [0.1, 0.15) is 31.9 Å². The molecular weight excluding hydrogens is 262 g/mol. The molecule has 4 nitrogen and oxygen atoms in total. The van der Waals surface area contributed by atoms with Gasteiger partial charge in [-0.15, -0.1) is 5.92 Å². The van der Waals surface area contributed by atoms with Crippen LogP contribution >= 0.6 is 11.6 Å². The van der Waals surface area contributed by atoms with Gasteiger partial charge in [0, 0.05) is 19.0 Å². The van der Waals surface area contributed by atoms with Gasteiger partial charge in [-0.1, -0.05) is 24.4 Å². The maximum atomic E-state index is 11.5. The summed E-state index contributed by atoms with van der Waals surface area (Å²) in [5.41, 5.74) is 0.870. The van der Waals surface area contributed by atoms with E-state index in [4.69, 9.17) is 17.0 Å². The lowest BCUT2D eigenvalue weighted by molar-refractivity contribution is -0.120. The zero-order valence-corrected chi connectivity index (χ0v) is 11.5. The first-order valence-corrected chi connectivity index (χ1v) is 6.43. The van der Waals surface area contributed by atoms with E-state index in [-0.39, 0.29) is 12.3 Å². The van der Waals surface area contributed by atoms with Gasteiger partial charge in [-0.05, 0) is 18.6 Å².